The van der Waals surface area contributed by atoms with Gasteiger partial charge >= 0.3 is 11.3 Å². The second-order valence-corrected chi connectivity index (χ2v) is 10.9. The van der Waals surface area contributed by atoms with Gasteiger partial charge in [0.25, 0.3) is 0 Å². The van der Waals surface area contributed by atoms with Crippen molar-refractivity contribution in [2.24, 2.45) is 0 Å². The van der Waals surface area contributed by atoms with Gasteiger partial charge in [0.1, 0.15) is 71.5 Å². The Labute approximate surface area is 254 Å². The molecule has 0 aliphatic carbocycles. The second-order valence-electron chi connectivity index (χ2n) is 10.9. The van der Waals surface area contributed by atoms with Crippen LogP contribution >= 0.6 is 0 Å². The number of benzene rings is 2. The highest BCUT2D eigenvalue weighted by Gasteiger charge is 2.47. The fourth-order valence-electron chi connectivity index (χ4n) is 5.26. The Morgan fingerprint density at radius 2 is 1.20 bits per heavy atom. The normalized spacial score (nSPS) is 36.0. The summed E-state index contributed by atoms with van der Waals surface area (Å²) in [6.45, 7) is -1.32. The zero-order chi connectivity index (χ0) is 32.0. The summed E-state index contributed by atoms with van der Waals surface area (Å²) in [6.07, 6.45) is -17.6. The molecule has 45 heavy (non-hydrogen) atoms. The topological polar surface area (TPSA) is 249 Å². The molecule has 0 amide bonds. The van der Waals surface area contributed by atoms with E-state index in [0.29, 0.717) is 5.56 Å². The summed E-state index contributed by atoms with van der Waals surface area (Å²) in [4.78, 5) is 0. The molecule has 0 radical (unpaired) electrons. The highest BCUT2D eigenvalue weighted by atomic mass is 16.7. The first-order valence-corrected chi connectivity index (χ1v) is 14.0. The zero-order valence-electron chi connectivity index (χ0n) is 23.4. The fourth-order valence-corrected chi connectivity index (χ4v) is 5.26. The fraction of sp³-hybridized carbons (Fsp3) is 0.483. The van der Waals surface area contributed by atoms with Gasteiger partial charge in [-0.3, -0.25) is 0 Å². The van der Waals surface area contributed by atoms with Gasteiger partial charge in [0.2, 0.25) is 18.3 Å². The average Bonchev–Trinajstić information content (AvgIpc) is 3.01. The highest BCUT2D eigenvalue weighted by molar-refractivity contribution is 5.88. The van der Waals surface area contributed by atoms with Crippen molar-refractivity contribution < 1.29 is 78.8 Å². The van der Waals surface area contributed by atoms with Crippen LogP contribution in [0.2, 0.25) is 0 Å². The summed E-state index contributed by atoms with van der Waals surface area (Å²) in [5.74, 6) is -0.545. The molecule has 6 bridgehead atoms. The van der Waals surface area contributed by atoms with Crippen molar-refractivity contribution in [1.29, 1.82) is 0 Å². The van der Waals surface area contributed by atoms with Gasteiger partial charge in [0.15, 0.2) is 6.29 Å². The van der Waals surface area contributed by atoms with Gasteiger partial charge < -0.3 is 74.4 Å². The van der Waals surface area contributed by atoms with Crippen LogP contribution in [0.4, 0.5) is 0 Å². The maximum Gasteiger partial charge on any atom is 0.402 e. The van der Waals surface area contributed by atoms with E-state index in [1.807, 2.05) is 0 Å². The Kier molecular flexibility index (Phi) is 8.97. The van der Waals surface area contributed by atoms with Crippen molar-refractivity contribution in [2.75, 3.05) is 19.8 Å². The van der Waals surface area contributed by atoms with E-state index in [9.17, 15) is 46.0 Å². The van der Waals surface area contributed by atoms with Crippen LogP contribution in [0.15, 0.2) is 46.9 Å². The van der Waals surface area contributed by atoms with Crippen LogP contribution in [0.25, 0.3) is 22.3 Å². The minimum atomic E-state index is -1.77. The van der Waals surface area contributed by atoms with E-state index in [1.165, 1.54) is 42.5 Å². The van der Waals surface area contributed by atoms with Gasteiger partial charge in [-0.15, -0.1) is 0 Å². The molecule has 1 aromatic heterocycles. The number of aromatic hydroxyl groups is 2. The van der Waals surface area contributed by atoms with E-state index in [2.05, 4.69) is 0 Å². The predicted octanol–water partition coefficient (Wildman–Crippen LogP) is -1.47. The van der Waals surface area contributed by atoms with Crippen LogP contribution in [-0.4, -0.2) is 133 Å². The van der Waals surface area contributed by atoms with Crippen LogP contribution in [0.5, 0.6) is 23.0 Å². The lowest BCUT2D eigenvalue weighted by molar-refractivity contribution is -0.291. The van der Waals surface area contributed by atoms with Crippen molar-refractivity contribution in [2.45, 2.75) is 67.7 Å². The lowest BCUT2D eigenvalue weighted by Gasteiger charge is -2.40. The van der Waals surface area contributed by atoms with E-state index in [-0.39, 0.29) is 46.3 Å². The molecule has 6 rings (SSSR count). The molecule has 0 saturated carbocycles. The molecule has 16 nitrogen and oxygen atoms in total. The van der Waals surface area contributed by atoms with Crippen LogP contribution in [0.1, 0.15) is 0 Å². The standard InChI is InChI=1S/C29H32O16/c30-12-3-1-11(2-4-12)27-17-7-14-15(41-27)5-13(31)6-16(14)42-28-25(37)24(36)22(34)19(45-28)9-40-20(32)10-39-8-18-21(33)23(35)26(38)29(43-17)44-18/h1-7,18-26,28-29,32-38H,8-10H2,(H-,30,31)/p+1/t18-,19-,20?,21-,22-,23+,24+,25-,26-,28-,29-/m1/s1. The van der Waals surface area contributed by atoms with E-state index in [0.717, 1.165) is 0 Å². The smallest absolute Gasteiger partial charge is 0.402 e. The maximum absolute atomic E-state index is 10.8. The molecular formula is C29H33O16+. The Balaban J connectivity index is 1.47. The average molecular weight is 638 g/mol. The monoisotopic (exact) mass is 637 g/mol. The molecule has 11 atom stereocenters. The molecular weight excluding hydrogens is 604 g/mol. The number of hydrogen-bond donors (Lipinski definition) is 9. The number of aliphatic hydroxyl groups excluding tert-OH is 7. The van der Waals surface area contributed by atoms with E-state index in [4.69, 9.17) is 32.8 Å². The minimum absolute atomic E-state index is 0.0329. The predicted molar refractivity (Wildman–Crippen MR) is 147 cm³/mol. The third-order valence-corrected chi connectivity index (χ3v) is 7.75. The quantitative estimate of drug-likeness (QED) is 0.138. The van der Waals surface area contributed by atoms with E-state index >= 15 is 0 Å². The number of rotatable bonds is 1. The molecule has 2 saturated heterocycles. The highest BCUT2D eigenvalue weighted by Crippen LogP contribution is 2.42. The first kappa shape index (κ1) is 31.6. The van der Waals surface area contributed by atoms with Gasteiger partial charge in [0, 0.05) is 12.1 Å². The van der Waals surface area contributed by atoms with Crippen LogP contribution in [0, 0.1) is 0 Å². The Hall–Kier alpha value is -3.39. The van der Waals surface area contributed by atoms with Gasteiger partial charge in [-0.2, -0.15) is 0 Å². The molecule has 3 aromatic rings. The first-order chi connectivity index (χ1) is 21.5. The first-order valence-electron chi connectivity index (χ1n) is 14.0. The molecule has 3 aliphatic heterocycles. The number of ether oxygens (including phenoxy) is 6. The lowest BCUT2D eigenvalue weighted by Crippen LogP contribution is -2.60. The molecule has 2 aromatic carbocycles. The molecule has 1 unspecified atom stereocenters. The van der Waals surface area contributed by atoms with Crippen molar-refractivity contribution in [3.8, 4) is 34.3 Å². The number of fused-ring (bicyclic) bond motifs is 5. The second kappa shape index (κ2) is 12.8. The number of phenols is 2. The Morgan fingerprint density at radius 3 is 1.84 bits per heavy atom. The third kappa shape index (κ3) is 6.35. The Bertz CT molecular complexity index is 1490. The number of aliphatic hydroxyl groups is 7. The van der Waals surface area contributed by atoms with Gasteiger partial charge in [-0.05, 0) is 24.3 Å². The van der Waals surface area contributed by atoms with Crippen molar-refractivity contribution >= 4 is 11.0 Å². The molecule has 0 spiro atoms. The lowest BCUT2D eigenvalue weighted by atomic mass is 9.99. The van der Waals surface area contributed by atoms with Crippen molar-refractivity contribution in [1.82, 2.24) is 0 Å². The molecule has 3 aliphatic rings. The summed E-state index contributed by atoms with van der Waals surface area (Å²) < 4.78 is 40.1. The largest absolute Gasteiger partial charge is 0.508 e. The van der Waals surface area contributed by atoms with Gasteiger partial charge in [0.05, 0.1) is 31.5 Å². The molecule has 2 fully saturated rings. The summed E-state index contributed by atoms with van der Waals surface area (Å²) in [6, 6.07) is 9.61. The minimum Gasteiger partial charge on any atom is -0.508 e. The van der Waals surface area contributed by atoms with Gasteiger partial charge in [-0.1, -0.05) is 0 Å². The maximum atomic E-state index is 10.8. The van der Waals surface area contributed by atoms with Crippen molar-refractivity contribution in [3.05, 3.63) is 42.5 Å². The summed E-state index contributed by atoms with van der Waals surface area (Å²) >= 11 is 0. The Morgan fingerprint density at radius 1 is 0.600 bits per heavy atom. The van der Waals surface area contributed by atoms with E-state index in [1.54, 1.807) is 0 Å². The number of hydrogen-bond acceptors (Lipinski definition) is 15. The van der Waals surface area contributed by atoms with E-state index < -0.39 is 80.9 Å². The number of phenolic OH excluding ortho intramolecular Hbond substituents is 2. The summed E-state index contributed by atoms with van der Waals surface area (Å²) in [7, 11) is 0. The third-order valence-electron chi connectivity index (χ3n) is 7.75. The van der Waals surface area contributed by atoms with Crippen molar-refractivity contribution in [3.63, 3.8) is 0 Å². The molecule has 244 valence electrons. The molecule has 9 N–H and O–H groups in total. The summed E-state index contributed by atoms with van der Waals surface area (Å²) in [5, 5.41) is 94.3. The molecule has 4 heterocycles. The van der Waals surface area contributed by atoms with Gasteiger partial charge in [-0.25, -0.2) is 4.42 Å². The van der Waals surface area contributed by atoms with Crippen LogP contribution < -0.4 is 9.47 Å². The van der Waals surface area contributed by atoms with Crippen LogP contribution in [0.3, 0.4) is 0 Å². The molecule has 16 heteroatoms. The SMILES string of the molecule is Oc1ccc(-c2[o+]c3cc(O)cc4c3cc2O[C@@H]2O[C@H](COCC(O)OC[C@H]3O[C@@H](O4)[C@H](O)[C@@H](O)[C@@H]3O)[C@@H](O)[C@H](O)[C@H]2O)cc1. The van der Waals surface area contributed by atoms with Crippen LogP contribution in [-0.2, 0) is 18.9 Å². The summed E-state index contributed by atoms with van der Waals surface area (Å²) in [5.41, 5.74) is 0.416. The zero-order valence-corrected chi connectivity index (χ0v) is 23.4.